The SMILES string of the molecule is CCNC(CC)C(C)OCCOC(C)C. The van der Waals surface area contributed by atoms with Crippen LogP contribution in [-0.4, -0.2) is 38.0 Å². The predicted octanol–water partition coefficient (Wildman–Crippen LogP) is 2.20. The summed E-state index contributed by atoms with van der Waals surface area (Å²) in [7, 11) is 0. The minimum atomic E-state index is 0.255. The summed E-state index contributed by atoms with van der Waals surface area (Å²) in [5.41, 5.74) is 0. The first-order valence-electron chi connectivity index (χ1n) is 6.08. The van der Waals surface area contributed by atoms with E-state index < -0.39 is 0 Å². The lowest BCUT2D eigenvalue weighted by atomic mass is 10.1. The molecule has 0 aromatic carbocycles. The molecular weight excluding hydrogens is 190 g/mol. The average molecular weight is 217 g/mol. The lowest BCUT2D eigenvalue weighted by molar-refractivity contribution is -0.0186. The molecule has 0 heterocycles. The third-order valence-electron chi connectivity index (χ3n) is 2.39. The van der Waals surface area contributed by atoms with Gasteiger partial charge in [0.25, 0.3) is 0 Å². The lowest BCUT2D eigenvalue weighted by Crippen LogP contribution is -2.39. The number of likely N-dealkylation sites (N-methyl/N-ethyl adjacent to an activating group) is 1. The second-order valence-electron chi connectivity index (χ2n) is 4.07. The van der Waals surface area contributed by atoms with E-state index in [-0.39, 0.29) is 6.10 Å². The molecule has 1 N–H and O–H groups in total. The van der Waals surface area contributed by atoms with Gasteiger partial charge in [0.15, 0.2) is 0 Å². The first kappa shape index (κ1) is 14.9. The van der Waals surface area contributed by atoms with Crippen molar-refractivity contribution in [1.82, 2.24) is 5.32 Å². The van der Waals surface area contributed by atoms with Gasteiger partial charge in [0.2, 0.25) is 0 Å². The first-order valence-corrected chi connectivity index (χ1v) is 6.08. The Hall–Kier alpha value is -0.120. The fourth-order valence-corrected chi connectivity index (χ4v) is 1.54. The molecule has 0 fully saturated rings. The van der Waals surface area contributed by atoms with Crippen molar-refractivity contribution in [2.24, 2.45) is 0 Å². The highest BCUT2D eigenvalue weighted by molar-refractivity contribution is 4.71. The zero-order chi connectivity index (χ0) is 11.7. The van der Waals surface area contributed by atoms with E-state index in [9.17, 15) is 0 Å². The summed E-state index contributed by atoms with van der Waals surface area (Å²) >= 11 is 0. The van der Waals surface area contributed by atoms with Gasteiger partial charge >= 0.3 is 0 Å². The Morgan fingerprint density at radius 1 is 1.00 bits per heavy atom. The minimum Gasteiger partial charge on any atom is -0.376 e. The zero-order valence-electron chi connectivity index (χ0n) is 10.9. The molecule has 0 radical (unpaired) electrons. The maximum Gasteiger partial charge on any atom is 0.0705 e. The summed E-state index contributed by atoms with van der Waals surface area (Å²) in [5.74, 6) is 0. The van der Waals surface area contributed by atoms with Gasteiger partial charge in [-0.1, -0.05) is 13.8 Å². The summed E-state index contributed by atoms with van der Waals surface area (Å²) < 4.78 is 11.1. The number of rotatable bonds is 9. The van der Waals surface area contributed by atoms with E-state index in [0.717, 1.165) is 13.0 Å². The summed E-state index contributed by atoms with van der Waals surface area (Å²) in [5, 5.41) is 3.42. The van der Waals surface area contributed by atoms with Crippen LogP contribution < -0.4 is 5.32 Å². The molecule has 0 amide bonds. The van der Waals surface area contributed by atoms with Gasteiger partial charge in [0.05, 0.1) is 25.4 Å². The normalized spacial score (nSPS) is 15.6. The summed E-state index contributed by atoms with van der Waals surface area (Å²) in [6.45, 7) is 12.9. The van der Waals surface area contributed by atoms with Crippen molar-refractivity contribution in [1.29, 1.82) is 0 Å². The third kappa shape index (κ3) is 7.77. The highest BCUT2D eigenvalue weighted by Gasteiger charge is 2.14. The van der Waals surface area contributed by atoms with Gasteiger partial charge in [-0.2, -0.15) is 0 Å². The van der Waals surface area contributed by atoms with Crippen LogP contribution in [0.4, 0.5) is 0 Å². The monoisotopic (exact) mass is 217 g/mol. The summed E-state index contributed by atoms with van der Waals surface area (Å²) in [6.07, 6.45) is 1.64. The van der Waals surface area contributed by atoms with Gasteiger partial charge in [-0.15, -0.1) is 0 Å². The molecule has 0 rings (SSSR count). The van der Waals surface area contributed by atoms with Crippen LogP contribution in [0, 0.1) is 0 Å². The van der Waals surface area contributed by atoms with E-state index in [1.54, 1.807) is 0 Å². The fraction of sp³-hybridized carbons (Fsp3) is 1.00. The Labute approximate surface area is 94.5 Å². The molecule has 0 bridgehead atoms. The topological polar surface area (TPSA) is 30.5 Å². The van der Waals surface area contributed by atoms with Gasteiger partial charge in [0, 0.05) is 6.04 Å². The van der Waals surface area contributed by atoms with E-state index >= 15 is 0 Å². The summed E-state index contributed by atoms with van der Waals surface area (Å²) in [4.78, 5) is 0. The quantitative estimate of drug-likeness (QED) is 0.601. The maximum atomic E-state index is 5.71. The van der Waals surface area contributed by atoms with Crippen molar-refractivity contribution in [3.8, 4) is 0 Å². The second-order valence-corrected chi connectivity index (χ2v) is 4.07. The molecule has 0 aliphatic rings. The Morgan fingerprint density at radius 2 is 1.60 bits per heavy atom. The van der Waals surface area contributed by atoms with Crippen molar-refractivity contribution >= 4 is 0 Å². The Kier molecular flexibility index (Phi) is 9.06. The zero-order valence-corrected chi connectivity index (χ0v) is 10.9. The largest absolute Gasteiger partial charge is 0.376 e. The molecule has 0 aliphatic heterocycles. The predicted molar refractivity (Wildman–Crippen MR) is 64.3 cm³/mol. The molecule has 0 saturated heterocycles. The van der Waals surface area contributed by atoms with Gasteiger partial charge in [-0.05, 0) is 33.7 Å². The van der Waals surface area contributed by atoms with Crippen LogP contribution in [-0.2, 0) is 9.47 Å². The van der Waals surface area contributed by atoms with E-state index in [1.165, 1.54) is 0 Å². The van der Waals surface area contributed by atoms with E-state index in [1.807, 2.05) is 13.8 Å². The summed E-state index contributed by atoms with van der Waals surface area (Å²) in [6, 6.07) is 0.453. The van der Waals surface area contributed by atoms with Crippen LogP contribution in [0.5, 0.6) is 0 Å². The number of hydrogen-bond donors (Lipinski definition) is 1. The van der Waals surface area contributed by atoms with E-state index in [2.05, 4.69) is 26.1 Å². The number of hydrogen-bond acceptors (Lipinski definition) is 3. The molecule has 0 aromatic rings. The lowest BCUT2D eigenvalue weighted by Gasteiger charge is -2.24. The molecule has 3 nitrogen and oxygen atoms in total. The molecule has 92 valence electrons. The smallest absolute Gasteiger partial charge is 0.0705 e. The van der Waals surface area contributed by atoms with Gasteiger partial charge in [0.1, 0.15) is 0 Å². The molecule has 0 aliphatic carbocycles. The molecule has 0 aromatic heterocycles. The van der Waals surface area contributed by atoms with E-state index in [0.29, 0.717) is 25.4 Å². The Balaban J connectivity index is 3.56. The van der Waals surface area contributed by atoms with Crippen molar-refractivity contribution < 1.29 is 9.47 Å². The van der Waals surface area contributed by atoms with Gasteiger partial charge < -0.3 is 14.8 Å². The highest BCUT2D eigenvalue weighted by atomic mass is 16.5. The molecule has 3 heteroatoms. The van der Waals surface area contributed by atoms with Gasteiger partial charge in [-0.3, -0.25) is 0 Å². The molecule has 2 unspecified atom stereocenters. The molecule has 0 saturated carbocycles. The van der Waals surface area contributed by atoms with Crippen molar-refractivity contribution in [3.63, 3.8) is 0 Å². The average Bonchev–Trinajstić information content (AvgIpc) is 2.20. The van der Waals surface area contributed by atoms with Crippen molar-refractivity contribution in [2.45, 2.75) is 59.3 Å². The molecular formula is C12H27NO2. The molecule has 0 spiro atoms. The van der Waals surface area contributed by atoms with Crippen molar-refractivity contribution in [2.75, 3.05) is 19.8 Å². The van der Waals surface area contributed by atoms with Crippen LogP contribution in [0.1, 0.15) is 41.0 Å². The van der Waals surface area contributed by atoms with Gasteiger partial charge in [-0.25, -0.2) is 0 Å². The molecule has 2 atom stereocenters. The molecule has 15 heavy (non-hydrogen) atoms. The Bertz CT molecular complexity index is 140. The van der Waals surface area contributed by atoms with Crippen LogP contribution in [0.25, 0.3) is 0 Å². The van der Waals surface area contributed by atoms with Crippen LogP contribution in [0.2, 0.25) is 0 Å². The third-order valence-corrected chi connectivity index (χ3v) is 2.39. The van der Waals surface area contributed by atoms with Crippen LogP contribution in [0.3, 0.4) is 0 Å². The Morgan fingerprint density at radius 3 is 2.07 bits per heavy atom. The van der Waals surface area contributed by atoms with Crippen LogP contribution in [0.15, 0.2) is 0 Å². The highest BCUT2D eigenvalue weighted by Crippen LogP contribution is 2.03. The van der Waals surface area contributed by atoms with E-state index in [4.69, 9.17) is 9.47 Å². The number of ether oxygens (including phenoxy) is 2. The standard InChI is InChI=1S/C12H27NO2/c1-6-12(13-7-2)11(5)15-9-8-14-10(3)4/h10-13H,6-9H2,1-5H3. The minimum absolute atomic E-state index is 0.255. The van der Waals surface area contributed by atoms with Crippen molar-refractivity contribution in [3.05, 3.63) is 0 Å². The first-order chi connectivity index (χ1) is 7.11. The number of nitrogens with one attached hydrogen (secondary N) is 1. The second kappa shape index (κ2) is 9.13. The van der Waals surface area contributed by atoms with Crippen LogP contribution >= 0.6 is 0 Å². The maximum absolute atomic E-state index is 5.71. The fourth-order valence-electron chi connectivity index (χ4n) is 1.54.